The Bertz CT molecular complexity index is 666. The molecule has 5 heteroatoms. The van der Waals surface area contributed by atoms with E-state index in [1.54, 1.807) is 6.07 Å². The minimum atomic E-state index is -0.122. The Morgan fingerprint density at radius 3 is 2.48 bits per heavy atom. The maximum Gasteiger partial charge on any atom is 0.298 e. The first kappa shape index (κ1) is 14.7. The molecule has 0 radical (unpaired) electrons. The Kier molecular flexibility index (Phi) is 4.66. The molecule has 0 saturated heterocycles. The summed E-state index contributed by atoms with van der Waals surface area (Å²) in [6.45, 7) is 4.47. The fraction of sp³-hybridized carbons (Fsp3) is 0.188. The van der Waals surface area contributed by atoms with Crippen molar-refractivity contribution in [1.29, 1.82) is 0 Å². The fourth-order valence-corrected chi connectivity index (χ4v) is 1.77. The maximum absolute atomic E-state index is 10.3. The molecule has 0 heterocycles. The van der Waals surface area contributed by atoms with Crippen LogP contribution in [0.4, 0.5) is 11.4 Å². The number of rotatable bonds is 5. The van der Waals surface area contributed by atoms with Crippen molar-refractivity contribution in [3.05, 3.63) is 48.0 Å². The molecule has 5 nitrogen and oxygen atoms in total. The van der Waals surface area contributed by atoms with Gasteiger partial charge >= 0.3 is 0 Å². The molecule has 0 amide bonds. The number of ether oxygens (including phenoxy) is 1. The van der Waals surface area contributed by atoms with E-state index in [1.165, 1.54) is 17.7 Å². The molecular weight excluding hydrogens is 268 g/mol. The average Bonchev–Trinajstić information content (AvgIpc) is 2.48. The van der Waals surface area contributed by atoms with Gasteiger partial charge in [-0.3, -0.25) is 4.79 Å². The minimum Gasteiger partial charge on any atom is -0.504 e. The number of nitrogens with zero attached hydrogens (tertiary/aromatic N) is 2. The molecule has 108 valence electrons. The predicted molar refractivity (Wildman–Crippen MR) is 79.5 cm³/mol. The Labute approximate surface area is 122 Å². The molecule has 0 unspecified atom stereocenters. The summed E-state index contributed by atoms with van der Waals surface area (Å²) in [5.74, 6) is 0.349. The molecule has 0 saturated carbocycles. The molecule has 0 aliphatic heterocycles. The second-order valence-corrected chi connectivity index (χ2v) is 4.82. The van der Waals surface area contributed by atoms with Gasteiger partial charge in [-0.25, -0.2) is 0 Å². The van der Waals surface area contributed by atoms with Crippen LogP contribution in [0.3, 0.4) is 0 Å². The zero-order valence-corrected chi connectivity index (χ0v) is 11.9. The van der Waals surface area contributed by atoms with Gasteiger partial charge in [-0.05, 0) is 35.7 Å². The standard InChI is InChI=1S/C16H16N2O3/c1-11(2)12-4-3-5-13(8-12)17-18-14-6-7-15(20)16(9-14)21-10-19/h3-11,20H,1-2H3/b18-17+. The summed E-state index contributed by atoms with van der Waals surface area (Å²) in [5.41, 5.74) is 2.41. The number of benzene rings is 2. The van der Waals surface area contributed by atoms with E-state index >= 15 is 0 Å². The lowest BCUT2D eigenvalue weighted by Crippen LogP contribution is -1.88. The molecule has 0 fully saturated rings. The van der Waals surface area contributed by atoms with Gasteiger partial charge in [0, 0.05) is 6.07 Å². The number of carbonyl (C=O) groups is 1. The van der Waals surface area contributed by atoms with E-state index in [1.807, 2.05) is 24.3 Å². The molecular formula is C16H16N2O3. The molecule has 21 heavy (non-hydrogen) atoms. The quantitative estimate of drug-likeness (QED) is 0.650. The SMILES string of the molecule is CC(C)c1cccc(/N=N/c2ccc(O)c(OC=O)c2)c1. The van der Waals surface area contributed by atoms with Gasteiger partial charge in [0.1, 0.15) is 0 Å². The van der Waals surface area contributed by atoms with Crippen molar-refractivity contribution in [3.63, 3.8) is 0 Å². The molecule has 2 aromatic carbocycles. The third kappa shape index (κ3) is 3.89. The number of aromatic hydroxyl groups is 1. The number of hydrogen-bond donors (Lipinski definition) is 1. The summed E-state index contributed by atoms with van der Waals surface area (Å²) in [4.78, 5) is 10.3. The molecule has 0 aliphatic rings. The van der Waals surface area contributed by atoms with E-state index in [9.17, 15) is 9.90 Å². The Hall–Kier alpha value is -2.69. The highest BCUT2D eigenvalue weighted by Crippen LogP contribution is 2.31. The van der Waals surface area contributed by atoms with Crippen LogP contribution in [0.15, 0.2) is 52.7 Å². The molecule has 2 aromatic rings. The molecule has 0 aromatic heterocycles. The van der Waals surface area contributed by atoms with Gasteiger partial charge in [0.15, 0.2) is 11.5 Å². The summed E-state index contributed by atoms with van der Waals surface area (Å²) in [6.07, 6.45) is 0. The first-order chi connectivity index (χ1) is 10.1. The topological polar surface area (TPSA) is 71.2 Å². The zero-order valence-electron chi connectivity index (χ0n) is 11.9. The lowest BCUT2D eigenvalue weighted by atomic mass is 10.0. The second-order valence-electron chi connectivity index (χ2n) is 4.82. The highest BCUT2D eigenvalue weighted by atomic mass is 16.5. The number of phenolic OH excluding ortho intramolecular Hbond substituents is 1. The van der Waals surface area contributed by atoms with Crippen LogP contribution < -0.4 is 4.74 Å². The van der Waals surface area contributed by atoms with E-state index in [-0.39, 0.29) is 18.0 Å². The van der Waals surface area contributed by atoms with Crippen LogP contribution in [0.1, 0.15) is 25.3 Å². The third-order valence-electron chi connectivity index (χ3n) is 2.94. The smallest absolute Gasteiger partial charge is 0.298 e. The molecule has 2 rings (SSSR count). The summed E-state index contributed by atoms with van der Waals surface area (Å²) < 4.78 is 4.65. The lowest BCUT2D eigenvalue weighted by molar-refractivity contribution is -0.120. The van der Waals surface area contributed by atoms with Crippen LogP contribution in [0.25, 0.3) is 0 Å². The maximum atomic E-state index is 10.3. The summed E-state index contributed by atoms with van der Waals surface area (Å²) in [6, 6.07) is 12.2. The highest BCUT2D eigenvalue weighted by Gasteiger charge is 2.04. The van der Waals surface area contributed by atoms with Crippen LogP contribution in [0, 0.1) is 0 Å². The Morgan fingerprint density at radius 1 is 1.10 bits per heavy atom. The molecule has 0 spiro atoms. The van der Waals surface area contributed by atoms with Crippen LogP contribution >= 0.6 is 0 Å². The van der Waals surface area contributed by atoms with E-state index in [0.717, 1.165) is 5.69 Å². The van der Waals surface area contributed by atoms with Gasteiger partial charge in [-0.1, -0.05) is 26.0 Å². The lowest BCUT2D eigenvalue weighted by Gasteiger charge is -2.05. The Balaban J connectivity index is 2.23. The largest absolute Gasteiger partial charge is 0.504 e. The average molecular weight is 284 g/mol. The number of azo groups is 1. The number of hydrogen-bond acceptors (Lipinski definition) is 5. The number of carbonyl (C=O) groups excluding carboxylic acids is 1. The molecule has 0 atom stereocenters. The van der Waals surface area contributed by atoms with Gasteiger partial charge in [-0.15, -0.1) is 0 Å². The van der Waals surface area contributed by atoms with E-state index in [2.05, 4.69) is 28.8 Å². The van der Waals surface area contributed by atoms with Crippen molar-refractivity contribution in [2.24, 2.45) is 10.2 Å². The summed E-state index contributed by atoms with van der Waals surface area (Å²) >= 11 is 0. The van der Waals surface area contributed by atoms with E-state index in [4.69, 9.17) is 0 Å². The first-order valence-electron chi connectivity index (χ1n) is 6.55. The zero-order chi connectivity index (χ0) is 15.2. The summed E-state index contributed by atoms with van der Waals surface area (Å²) in [7, 11) is 0. The van der Waals surface area contributed by atoms with Crippen molar-refractivity contribution in [1.82, 2.24) is 0 Å². The fourth-order valence-electron chi connectivity index (χ4n) is 1.77. The van der Waals surface area contributed by atoms with Crippen molar-refractivity contribution >= 4 is 17.8 Å². The van der Waals surface area contributed by atoms with Crippen molar-refractivity contribution in [2.75, 3.05) is 0 Å². The van der Waals surface area contributed by atoms with Gasteiger partial charge in [-0.2, -0.15) is 10.2 Å². The van der Waals surface area contributed by atoms with Crippen LogP contribution in [0.5, 0.6) is 11.5 Å². The van der Waals surface area contributed by atoms with Gasteiger partial charge in [0.2, 0.25) is 0 Å². The minimum absolute atomic E-state index is 0.0531. The van der Waals surface area contributed by atoms with Crippen LogP contribution in [-0.4, -0.2) is 11.6 Å². The molecule has 0 bridgehead atoms. The van der Waals surface area contributed by atoms with Gasteiger partial charge in [0.05, 0.1) is 11.4 Å². The van der Waals surface area contributed by atoms with Crippen molar-refractivity contribution < 1.29 is 14.6 Å². The van der Waals surface area contributed by atoms with Crippen molar-refractivity contribution in [3.8, 4) is 11.5 Å². The third-order valence-corrected chi connectivity index (χ3v) is 2.94. The Morgan fingerprint density at radius 2 is 1.81 bits per heavy atom. The highest BCUT2D eigenvalue weighted by molar-refractivity contribution is 5.56. The van der Waals surface area contributed by atoms with Gasteiger partial charge < -0.3 is 9.84 Å². The van der Waals surface area contributed by atoms with Crippen LogP contribution in [0.2, 0.25) is 0 Å². The summed E-state index contributed by atoms with van der Waals surface area (Å²) in [5, 5.41) is 17.7. The monoisotopic (exact) mass is 284 g/mol. The van der Waals surface area contributed by atoms with Gasteiger partial charge in [0.25, 0.3) is 6.47 Å². The van der Waals surface area contributed by atoms with Crippen LogP contribution in [-0.2, 0) is 4.79 Å². The second kappa shape index (κ2) is 6.65. The van der Waals surface area contributed by atoms with Crippen molar-refractivity contribution in [2.45, 2.75) is 19.8 Å². The predicted octanol–water partition coefficient (Wildman–Crippen LogP) is 4.47. The molecule has 1 N–H and O–H groups in total. The molecule has 0 aliphatic carbocycles. The first-order valence-corrected chi connectivity index (χ1v) is 6.55. The normalized spacial score (nSPS) is 11.0. The van der Waals surface area contributed by atoms with E-state index < -0.39 is 0 Å². The van der Waals surface area contributed by atoms with E-state index in [0.29, 0.717) is 11.6 Å². The number of phenols is 1.